The van der Waals surface area contributed by atoms with Crippen LogP contribution in [0.3, 0.4) is 0 Å². The van der Waals surface area contributed by atoms with Crippen LogP contribution in [-0.2, 0) is 4.79 Å². The summed E-state index contributed by atoms with van der Waals surface area (Å²) in [5, 5.41) is 12.9. The molecule has 0 radical (unpaired) electrons. The molecular weight excluding hydrogens is 324 g/mol. The van der Waals surface area contributed by atoms with Crippen LogP contribution in [0.2, 0.25) is 0 Å². The van der Waals surface area contributed by atoms with Gasteiger partial charge < -0.3 is 15.3 Å². The van der Waals surface area contributed by atoms with Gasteiger partial charge in [-0.1, -0.05) is 0 Å². The van der Waals surface area contributed by atoms with E-state index in [1.54, 1.807) is 17.7 Å². The number of aliphatic hydroxyl groups is 1. The Balaban J connectivity index is 1.68. The van der Waals surface area contributed by atoms with Gasteiger partial charge >= 0.3 is 0 Å². The average molecular weight is 348 g/mol. The third-order valence-electron chi connectivity index (χ3n) is 4.74. The van der Waals surface area contributed by atoms with Crippen molar-refractivity contribution in [1.29, 1.82) is 0 Å². The molecule has 6 nitrogen and oxygen atoms in total. The van der Waals surface area contributed by atoms with Crippen molar-refractivity contribution >= 4 is 33.3 Å². The maximum Gasteiger partial charge on any atom is 0.223 e. The van der Waals surface area contributed by atoms with Crippen molar-refractivity contribution in [3.05, 3.63) is 16.8 Å². The van der Waals surface area contributed by atoms with E-state index in [0.29, 0.717) is 13.0 Å². The molecule has 1 aliphatic rings. The van der Waals surface area contributed by atoms with Gasteiger partial charge in [-0.25, -0.2) is 9.97 Å². The van der Waals surface area contributed by atoms with Crippen LogP contribution in [0.5, 0.6) is 0 Å². The minimum absolute atomic E-state index is 0.0579. The van der Waals surface area contributed by atoms with Gasteiger partial charge in [0, 0.05) is 37.0 Å². The topological polar surface area (TPSA) is 78.4 Å². The van der Waals surface area contributed by atoms with Crippen LogP contribution in [0.15, 0.2) is 6.33 Å². The van der Waals surface area contributed by atoms with Crippen LogP contribution in [-0.4, -0.2) is 47.2 Å². The van der Waals surface area contributed by atoms with E-state index in [0.717, 1.165) is 42.0 Å². The van der Waals surface area contributed by atoms with Crippen LogP contribution in [0, 0.1) is 19.8 Å². The first-order valence-corrected chi connectivity index (χ1v) is 9.27. The van der Waals surface area contributed by atoms with Gasteiger partial charge in [-0.05, 0) is 38.7 Å². The molecule has 3 rings (SSSR count). The van der Waals surface area contributed by atoms with Gasteiger partial charge in [0.15, 0.2) is 0 Å². The number of fused-ring (bicyclic) bond motifs is 1. The van der Waals surface area contributed by atoms with Crippen LogP contribution in [0.25, 0.3) is 10.2 Å². The van der Waals surface area contributed by atoms with E-state index in [4.69, 9.17) is 5.11 Å². The number of nitrogens with one attached hydrogen (secondary N) is 1. The van der Waals surface area contributed by atoms with Gasteiger partial charge in [-0.15, -0.1) is 11.3 Å². The molecule has 1 amide bonds. The molecule has 24 heavy (non-hydrogen) atoms. The first-order valence-electron chi connectivity index (χ1n) is 8.46. The molecule has 0 aromatic carbocycles. The third-order valence-corrected chi connectivity index (χ3v) is 5.86. The highest BCUT2D eigenvalue weighted by Crippen LogP contribution is 2.35. The zero-order chi connectivity index (χ0) is 17.1. The van der Waals surface area contributed by atoms with Crippen molar-refractivity contribution in [2.24, 2.45) is 5.92 Å². The Bertz CT molecular complexity index is 723. The fourth-order valence-electron chi connectivity index (χ4n) is 3.19. The predicted molar refractivity (Wildman–Crippen MR) is 96.5 cm³/mol. The molecule has 0 atom stereocenters. The summed E-state index contributed by atoms with van der Waals surface area (Å²) in [4.78, 5) is 25.7. The summed E-state index contributed by atoms with van der Waals surface area (Å²) in [7, 11) is 0. The zero-order valence-electron chi connectivity index (χ0n) is 14.2. The molecule has 1 saturated heterocycles. The number of amides is 1. The molecule has 2 aromatic rings. The van der Waals surface area contributed by atoms with E-state index in [9.17, 15) is 4.79 Å². The molecule has 1 fully saturated rings. The van der Waals surface area contributed by atoms with Crippen LogP contribution < -0.4 is 10.2 Å². The van der Waals surface area contributed by atoms with Crippen molar-refractivity contribution in [2.45, 2.75) is 33.1 Å². The first kappa shape index (κ1) is 17.1. The van der Waals surface area contributed by atoms with Crippen molar-refractivity contribution in [3.8, 4) is 0 Å². The summed E-state index contributed by atoms with van der Waals surface area (Å²) < 4.78 is 0. The van der Waals surface area contributed by atoms with Crippen molar-refractivity contribution < 1.29 is 9.90 Å². The maximum absolute atomic E-state index is 12.2. The van der Waals surface area contributed by atoms with E-state index < -0.39 is 0 Å². The van der Waals surface area contributed by atoms with E-state index >= 15 is 0 Å². The Morgan fingerprint density at radius 1 is 1.38 bits per heavy atom. The summed E-state index contributed by atoms with van der Waals surface area (Å²) in [6, 6.07) is 0. The largest absolute Gasteiger partial charge is 0.396 e. The standard InChI is InChI=1S/C17H24N4O2S/c1-11-12(2)24-17-14(11)15(19-10-20-17)21-7-4-13(5-8-21)16(23)18-6-3-9-22/h10,13,22H,3-9H2,1-2H3,(H,18,23). The van der Waals surface area contributed by atoms with Crippen LogP contribution in [0.4, 0.5) is 5.82 Å². The monoisotopic (exact) mass is 348 g/mol. The van der Waals surface area contributed by atoms with Gasteiger partial charge in [0.2, 0.25) is 5.91 Å². The van der Waals surface area contributed by atoms with Gasteiger partial charge in [0.1, 0.15) is 17.0 Å². The minimum atomic E-state index is 0.0579. The lowest BCUT2D eigenvalue weighted by Crippen LogP contribution is -2.41. The van der Waals surface area contributed by atoms with Gasteiger partial charge in [0.25, 0.3) is 0 Å². The summed E-state index contributed by atoms with van der Waals surface area (Å²) in [6.07, 6.45) is 3.91. The predicted octanol–water partition coefficient (Wildman–Crippen LogP) is 2.02. The second-order valence-electron chi connectivity index (χ2n) is 6.29. The molecule has 0 unspecified atom stereocenters. The number of nitrogens with zero attached hydrogens (tertiary/aromatic N) is 3. The number of aliphatic hydroxyl groups excluding tert-OH is 1. The highest BCUT2D eigenvalue weighted by atomic mass is 32.1. The SMILES string of the molecule is Cc1sc2ncnc(N3CCC(C(=O)NCCCO)CC3)c2c1C. The molecule has 1 aliphatic heterocycles. The zero-order valence-corrected chi connectivity index (χ0v) is 15.0. The Labute approximate surface area is 145 Å². The van der Waals surface area contributed by atoms with E-state index in [1.807, 2.05) is 0 Å². The van der Waals surface area contributed by atoms with Gasteiger partial charge in [0.05, 0.1) is 5.39 Å². The Morgan fingerprint density at radius 2 is 2.12 bits per heavy atom. The number of aryl methyl sites for hydroxylation is 2. The molecule has 0 saturated carbocycles. The average Bonchev–Trinajstić information content (AvgIpc) is 2.90. The second kappa shape index (κ2) is 7.44. The van der Waals surface area contributed by atoms with Crippen LogP contribution >= 0.6 is 11.3 Å². The lowest BCUT2D eigenvalue weighted by Gasteiger charge is -2.32. The Kier molecular flexibility index (Phi) is 5.30. The highest BCUT2D eigenvalue weighted by molar-refractivity contribution is 7.18. The van der Waals surface area contributed by atoms with Crippen molar-refractivity contribution in [1.82, 2.24) is 15.3 Å². The third kappa shape index (κ3) is 3.37. The Morgan fingerprint density at radius 3 is 2.83 bits per heavy atom. The van der Waals surface area contributed by atoms with E-state index in [1.165, 1.54) is 10.4 Å². The molecule has 3 heterocycles. The number of piperidine rings is 1. The number of hydrogen-bond donors (Lipinski definition) is 2. The lowest BCUT2D eigenvalue weighted by atomic mass is 9.95. The second-order valence-corrected chi connectivity index (χ2v) is 7.49. The van der Waals surface area contributed by atoms with Crippen molar-refractivity contribution in [2.75, 3.05) is 31.1 Å². The summed E-state index contributed by atoms with van der Waals surface area (Å²) in [5.41, 5.74) is 1.26. The number of carbonyl (C=O) groups is 1. The number of carbonyl (C=O) groups excluding carboxylic acids is 1. The smallest absolute Gasteiger partial charge is 0.223 e. The molecule has 2 N–H and O–H groups in total. The van der Waals surface area contributed by atoms with Crippen molar-refractivity contribution in [3.63, 3.8) is 0 Å². The van der Waals surface area contributed by atoms with E-state index in [2.05, 4.69) is 34.0 Å². The lowest BCUT2D eigenvalue weighted by molar-refractivity contribution is -0.125. The van der Waals surface area contributed by atoms with Crippen LogP contribution in [0.1, 0.15) is 29.7 Å². The minimum Gasteiger partial charge on any atom is -0.396 e. The molecule has 0 bridgehead atoms. The molecule has 0 aliphatic carbocycles. The van der Waals surface area contributed by atoms with Gasteiger partial charge in [-0.3, -0.25) is 4.79 Å². The summed E-state index contributed by atoms with van der Waals surface area (Å²) >= 11 is 1.71. The van der Waals surface area contributed by atoms with E-state index in [-0.39, 0.29) is 18.4 Å². The fourth-order valence-corrected chi connectivity index (χ4v) is 4.18. The fraction of sp³-hybridized carbons (Fsp3) is 0.588. The molecule has 2 aromatic heterocycles. The quantitative estimate of drug-likeness (QED) is 0.808. The Hall–Kier alpha value is -1.73. The summed E-state index contributed by atoms with van der Waals surface area (Å²) in [6.45, 7) is 6.57. The number of rotatable bonds is 5. The molecule has 7 heteroatoms. The number of hydrogen-bond acceptors (Lipinski definition) is 6. The highest BCUT2D eigenvalue weighted by Gasteiger charge is 2.27. The molecule has 130 valence electrons. The van der Waals surface area contributed by atoms with Gasteiger partial charge in [-0.2, -0.15) is 0 Å². The number of anilines is 1. The molecule has 0 spiro atoms. The molecular formula is C17H24N4O2S. The normalized spacial score (nSPS) is 15.9. The summed E-state index contributed by atoms with van der Waals surface area (Å²) in [5.74, 6) is 1.17. The maximum atomic E-state index is 12.2. The first-order chi connectivity index (χ1) is 11.6. The number of aromatic nitrogens is 2. The number of thiophene rings is 1.